The number of aryl methyl sites for hydroxylation is 1. The first-order valence-corrected chi connectivity index (χ1v) is 11.9. The van der Waals surface area contributed by atoms with E-state index < -0.39 is 11.6 Å². The minimum atomic E-state index is -0.700. The number of halogens is 3. The fraction of sp³-hybridized carbons (Fsp3) is 0.111. The molecule has 3 N–H and O–H groups in total. The lowest BCUT2D eigenvalue weighted by Crippen LogP contribution is -2.14. The highest BCUT2D eigenvalue weighted by molar-refractivity contribution is 7.07. The van der Waals surface area contributed by atoms with E-state index in [4.69, 9.17) is 21.2 Å². The molecule has 38 heavy (non-hydrogen) atoms. The number of carbonyl (C=O) groups is 2. The molecule has 0 bridgehead atoms. The average Bonchev–Trinajstić information content (AvgIpc) is 3.48. The monoisotopic (exact) mass is 557 g/mol. The Balaban J connectivity index is 0.00000121. The summed E-state index contributed by atoms with van der Waals surface area (Å²) in [7, 11) is 3.59. The molecule has 0 amide bonds. The number of aromatic nitrogens is 2. The number of rotatable bonds is 6. The van der Waals surface area contributed by atoms with Gasteiger partial charge in [-0.1, -0.05) is 27.0 Å². The van der Waals surface area contributed by atoms with Gasteiger partial charge in [-0.25, -0.2) is 8.78 Å². The molecule has 198 valence electrons. The van der Waals surface area contributed by atoms with E-state index in [9.17, 15) is 4.39 Å². The van der Waals surface area contributed by atoms with E-state index in [0.29, 0.717) is 15.7 Å². The third kappa shape index (κ3) is 6.43. The molecule has 2 aromatic heterocycles. The fourth-order valence-electron chi connectivity index (χ4n) is 3.76. The lowest BCUT2D eigenvalue weighted by molar-refractivity contribution is -0.0987. The van der Waals surface area contributed by atoms with Crippen molar-refractivity contribution in [2.24, 2.45) is 0 Å². The summed E-state index contributed by atoms with van der Waals surface area (Å²) in [5.41, 5.74) is 3.65. The molecule has 0 saturated carbocycles. The fourth-order valence-corrected chi connectivity index (χ4v) is 4.36. The standard InChI is InChI=1S/C25H23ClF2N5P.2CH2O/c1-4-33-21(14(2)24-29-9-10-30-24)8-5-18(25(33)34)22-19(27)6-7-20(23(22)28)32-12-16-11-17(26)13-31-15(16)3;2*1-2/h4-11,13,29-30,32,34H,1,12H2,2-3H3;2*1H2. The number of hydrogen-bond acceptors (Lipinski definition) is 6. The zero-order valence-electron chi connectivity index (χ0n) is 20.9. The zero-order valence-corrected chi connectivity index (χ0v) is 22.6. The van der Waals surface area contributed by atoms with Crippen LogP contribution in [0.25, 0.3) is 22.9 Å². The van der Waals surface area contributed by atoms with Crippen molar-refractivity contribution in [3.8, 4) is 11.1 Å². The molecular formula is C27H27ClF2N5O2P. The van der Waals surface area contributed by atoms with Gasteiger partial charge >= 0.3 is 0 Å². The third-order valence-corrected chi connectivity index (χ3v) is 6.35. The van der Waals surface area contributed by atoms with Crippen LogP contribution >= 0.6 is 20.5 Å². The van der Waals surface area contributed by atoms with Gasteiger partial charge in [-0.2, -0.15) is 0 Å². The lowest BCUT2D eigenvalue weighted by atomic mass is 10.0. The highest BCUT2D eigenvalue weighted by atomic mass is 35.5. The minimum absolute atomic E-state index is 0.151. The average molecular weight is 558 g/mol. The van der Waals surface area contributed by atoms with Gasteiger partial charge in [0.05, 0.1) is 27.0 Å². The van der Waals surface area contributed by atoms with Gasteiger partial charge in [-0.05, 0) is 49.7 Å². The molecule has 0 atom stereocenters. The Labute approximate surface area is 226 Å². The molecule has 0 fully saturated rings. The normalized spacial score (nSPS) is 11.2. The van der Waals surface area contributed by atoms with E-state index in [1.165, 1.54) is 12.1 Å². The van der Waals surface area contributed by atoms with E-state index in [1.807, 2.05) is 27.4 Å². The van der Waals surface area contributed by atoms with Crippen LogP contribution in [0, 0.1) is 23.6 Å². The number of nitrogens with zero attached hydrogens (tertiary/aromatic N) is 2. The van der Waals surface area contributed by atoms with Crippen molar-refractivity contribution < 1.29 is 18.4 Å². The Morgan fingerprint density at radius 2 is 1.82 bits per heavy atom. The molecule has 0 spiro atoms. The molecule has 0 unspecified atom stereocenters. The van der Waals surface area contributed by atoms with E-state index >= 15 is 4.39 Å². The van der Waals surface area contributed by atoms with E-state index in [2.05, 4.69) is 36.4 Å². The van der Waals surface area contributed by atoms with Gasteiger partial charge in [0.2, 0.25) is 0 Å². The second kappa shape index (κ2) is 14.0. The van der Waals surface area contributed by atoms with Gasteiger partial charge in [-0.15, -0.1) is 0 Å². The van der Waals surface area contributed by atoms with Crippen LogP contribution in [0.2, 0.25) is 5.02 Å². The van der Waals surface area contributed by atoms with Crippen molar-refractivity contribution in [1.82, 2.24) is 20.2 Å². The molecule has 4 rings (SSSR count). The predicted molar refractivity (Wildman–Crippen MR) is 151 cm³/mol. The molecule has 3 heterocycles. The molecule has 3 aromatic rings. The number of carbonyl (C=O) groups excluding carboxylic acids is 2. The molecule has 0 radical (unpaired) electrons. The van der Waals surface area contributed by atoms with Gasteiger partial charge < -0.3 is 30.1 Å². The summed E-state index contributed by atoms with van der Waals surface area (Å²) in [5, 5.41) is 10.2. The van der Waals surface area contributed by atoms with E-state index in [0.717, 1.165) is 28.3 Å². The second-order valence-electron chi connectivity index (χ2n) is 7.69. The lowest BCUT2D eigenvalue weighted by Gasteiger charge is -2.18. The van der Waals surface area contributed by atoms with Crippen molar-refractivity contribution in [2.75, 3.05) is 5.32 Å². The Morgan fingerprint density at radius 1 is 1.16 bits per heavy atom. The Kier molecular flexibility index (Phi) is 11.1. The van der Waals surface area contributed by atoms with E-state index in [1.54, 1.807) is 47.6 Å². The van der Waals surface area contributed by atoms with Crippen LogP contribution in [-0.2, 0) is 16.1 Å². The number of hydrogen-bond donors (Lipinski definition) is 3. The van der Waals surface area contributed by atoms with Crippen molar-refractivity contribution in [3.05, 3.63) is 100 Å². The number of nitrogens with one attached hydrogen (secondary N) is 3. The van der Waals surface area contributed by atoms with E-state index in [-0.39, 0.29) is 17.8 Å². The summed E-state index contributed by atoms with van der Waals surface area (Å²) in [5.74, 6) is -0.567. The van der Waals surface area contributed by atoms with Crippen LogP contribution in [0.1, 0.15) is 23.9 Å². The van der Waals surface area contributed by atoms with Crippen molar-refractivity contribution >= 4 is 51.5 Å². The maximum atomic E-state index is 15.6. The van der Waals surface area contributed by atoms with Crippen molar-refractivity contribution in [1.29, 1.82) is 0 Å². The summed E-state index contributed by atoms with van der Waals surface area (Å²) in [6.07, 6.45) is 6.70. The van der Waals surface area contributed by atoms with Crippen molar-refractivity contribution in [2.45, 2.75) is 20.4 Å². The maximum absolute atomic E-state index is 15.6. The number of pyridine rings is 2. The molecular weight excluding hydrogens is 531 g/mol. The van der Waals surface area contributed by atoms with Crippen LogP contribution in [0.15, 0.2) is 61.3 Å². The zero-order chi connectivity index (χ0) is 28.4. The van der Waals surface area contributed by atoms with Gasteiger partial charge in [0.15, 0.2) is 5.82 Å². The Hall–Kier alpha value is -4.07. The summed E-state index contributed by atoms with van der Waals surface area (Å²) < 4.78 is 32.2. The van der Waals surface area contributed by atoms with Crippen LogP contribution in [-0.4, -0.2) is 23.1 Å². The molecule has 0 saturated heterocycles. The highest BCUT2D eigenvalue weighted by Crippen LogP contribution is 2.33. The number of allylic oxidation sites excluding steroid dienone is 1. The second-order valence-corrected chi connectivity index (χ2v) is 8.60. The first-order chi connectivity index (χ1) is 18.3. The van der Waals surface area contributed by atoms with Crippen LogP contribution in [0.3, 0.4) is 0 Å². The largest absolute Gasteiger partial charge is 0.379 e. The molecule has 1 aromatic carbocycles. The number of benzene rings is 1. The smallest absolute Gasteiger partial charge is 0.157 e. The summed E-state index contributed by atoms with van der Waals surface area (Å²) >= 11 is 6.03. The molecule has 1 aliphatic rings. The third-order valence-electron chi connectivity index (χ3n) is 5.63. The minimum Gasteiger partial charge on any atom is -0.379 e. The van der Waals surface area contributed by atoms with Crippen molar-refractivity contribution in [3.63, 3.8) is 0 Å². The van der Waals surface area contributed by atoms with Gasteiger partial charge in [0, 0.05) is 48.2 Å². The Bertz CT molecular complexity index is 1440. The number of anilines is 1. The van der Waals surface area contributed by atoms with Gasteiger partial charge in [0.1, 0.15) is 25.2 Å². The summed E-state index contributed by atoms with van der Waals surface area (Å²) in [4.78, 5) is 20.2. The molecule has 7 nitrogen and oxygen atoms in total. The summed E-state index contributed by atoms with van der Waals surface area (Å²) in [6.45, 7) is 11.9. The molecule has 1 aliphatic heterocycles. The summed E-state index contributed by atoms with van der Waals surface area (Å²) in [6, 6.07) is 7.86. The van der Waals surface area contributed by atoms with Crippen LogP contribution < -0.4 is 16.0 Å². The topological polar surface area (TPSA) is 88.1 Å². The van der Waals surface area contributed by atoms with Gasteiger partial charge in [0.25, 0.3) is 0 Å². The first kappa shape index (κ1) is 30.2. The SMILES string of the molecule is C=Cn1c(C(C)=C2NC=CN2)ccc(-c2c(F)ccc(NCc3cc(Cl)cnc3C)c2F)c1=P.C=O.C=O. The Morgan fingerprint density at radius 3 is 2.45 bits per heavy atom. The van der Waals surface area contributed by atoms with Crippen LogP contribution in [0.5, 0.6) is 0 Å². The molecule has 11 heteroatoms. The highest BCUT2D eigenvalue weighted by Gasteiger charge is 2.19. The molecule has 0 aliphatic carbocycles. The maximum Gasteiger partial charge on any atom is 0.157 e. The predicted octanol–water partition coefficient (Wildman–Crippen LogP) is 6.16. The van der Waals surface area contributed by atoms with Gasteiger partial charge in [-0.3, -0.25) is 4.98 Å². The first-order valence-electron chi connectivity index (χ1n) is 11.0. The quantitative estimate of drug-likeness (QED) is 0.315. The van der Waals surface area contributed by atoms with Crippen LogP contribution in [0.4, 0.5) is 14.5 Å².